The standard InChI is InChI=1S/C24H25N7O5/c32-20-7-6-19(22(34)26-20)30-10-13-4-5-16(8-17(13)23(30)35)31-12-18(27-28-31)24(36)29-9-14-2-1-3-15(11-29)25-21(14)33/h4-5,8,12,14-15,19H,1-3,6-7,9-11H2,(H,25,33)(H,26,32,34). The number of nitrogens with zero attached hydrogens (tertiary/aromatic N) is 5. The number of hydrogen-bond acceptors (Lipinski definition) is 7. The molecule has 2 aromatic rings. The van der Waals surface area contributed by atoms with Gasteiger partial charge in [-0.3, -0.25) is 29.3 Å². The molecular weight excluding hydrogens is 466 g/mol. The summed E-state index contributed by atoms with van der Waals surface area (Å²) >= 11 is 0. The van der Waals surface area contributed by atoms with Crippen molar-refractivity contribution >= 4 is 29.5 Å². The second-order valence-corrected chi connectivity index (χ2v) is 9.83. The highest BCUT2D eigenvalue weighted by molar-refractivity contribution is 6.05. The first-order valence-electron chi connectivity index (χ1n) is 12.2. The highest BCUT2D eigenvalue weighted by Crippen LogP contribution is 2.29. The van der Waals surface area contributed by atoms with Gasteiger partial charge in [-0.2, -0.15) is 0 Å². The Morgan fingerprint density at radius 2 is 1.89 bits per heavy atom. The van der Waals surface area contributed by atoms with E-state index in [1.807, 2.05) is 0 Å². The Kier molecular flexibility index (Phi) is 5.31. The van der Waals surface area contributed by atoms with E-state index < -0.39 is 11.9 Å². The number of nitrogens with one attached hydrogen (secondary N) is 2. The lowest BCUT2D eigenvalue weighted by molar-refractivity contribution is -0.137. The van der Waals surface area contributed by atoms with Gasteiger partial charge in [0.2, 0.25) is 17.7 Å². The number of aromatic nitrogens is 3. The summed E-state index contributed by atoms with van der Waals surface area (Å²) in [6.45, 7) is 1.08. The smallest absolute Gasteiger partial charge is 0.276 e. The molecule has 12 nitrogen and oxygen atoms in total. The van der Waals surface area contributed by atoms with Crippen LogP contribution in [-0.2, 0) is 20.9 Å². The maximum atomic E-state index is 13.2. The first-order chi connectivity index (χ1) is 17.4. The number of fused-ring (bicyclic) bond motifs is 4. The molecule has 0 spiro atoms. The first-order valence-corrected chi connectivity index (χ1v) is 12.2. The van der Waals surface area contributed by atoms with E-state index >= 15 is 0 Å². The van der Waals surface area contributed by atoms with Crippen molar-refractivity contribution in [1.29, 1.82) is 0 Å². The lowest BCUT2D eigenvalue weighted by Crippen LogP contribution is -2.52. The topological polar surface area (TPSA) is 147 Å². The predicted molar refractivity (Wildman–Crippen MR) is 123 cm³/mol. The van der Waals surface area contributed by atoms with Gasteiger partial charge >= 0.3 is 0 Å². The zero-order chi connectivity index (χ0) is 25.0. The van der Waals surface area contributed by atoms with Gasteiger partial charge in [0.25, 0.3) is 11.8 Å². The number of imide groups is 1. The summed E-state index contributed by atoms with van der Waals surface area (Å²) in [7, 11) is 0. The molecule has 6 rings (SSSR count). The van der Waals surface area contributed by atoms with Gasteiger partial charge in [-0.1, -0.05) is 17.7 Å². The van der Waals surface area contributed by atoms with Gasteiger partial charge in [0.05, 0.1) is 17.8 Å². The first kappa shape index (κ1) is 22.4. The van der Waals surface area contributed by atoms with E-state index in [2.05, 4.69) is 20.9 Å². The molecule has 2 N–H and O–H groups in total. The van der Waals surface area contributed by atoms with Crippen LogP contribution < -0.4 is 10.6 Å². The predicted octanol–water partition coefficient (Wildman–Crippen LogP) is -0.231. The molecule has 3 atom stereocenters. The van der Waals surface area contributed by atoms with Crippen molar-refractivity contribution in [2.75, 3.05) is 13.1 Å². The molecule has 4 aliphatic heterocycles. The third-order valence-corrected chi connectivity index (χ3v) is 7.48. The molecule has 2 bridgehead atoms. The van der Waals surface area contributed by atoms with E-state index in [-0.39, 0.29) is 54.2 Å². The van der Waals surface area contributed by atoms with E-state index in [0.29, 0.717) is 30.8 Å². The van der Waals surface area contributed by atoms with Crippen LogP contribution in [0.3, 0.4) is 0 Å². The normalized spacial score (nSPS) is 25.8. The Balaban J connectivity index is 1.20. The summed E-state index contributed by atoms with van der Waals surface area (Å²) in [6.07, 6.45) is 4.59. The third kappa shape index (κ3) is 3.82. The second kappa shape index (κ2) is 8.54. The van der Waals surface area contributed by atoms with Crippen molar-refractivity contribution in [3.8, 4) is 5.69 Å². The van der Waals surface area contributed by atoms with E-state index in [1.165, 1.54) is 15.8 Å². The third-order valence-electron chi connectivity index (χ3n) is 7.48. The zero-order valence-corrected chi connectivity index (χ0v) is 19.5. The Labute approximate surface area is 206 Å². The van der Waals surface area contributed by atoms with Crippen molar-refractivity contribution < 1.29 is 24.0 Å². The highest BCUT2D eigenvalue weighted by Gasteiger charge is 2.39. The fraction of sp³-hybridized carbons (Fsp3) is 0.458. The molecular formula is C24H25N7O5. The molecule has 0 saturated carbocycles. The molecule has 3 saturated heterocycles. The average molecular weight is 492 g/mol. The van der Waals surface area contributed by atoms with Crippen LogP contribution in [0, 0.1) is 5.92 Å². The summed E-state index contributed by atoms with van der Waals surface area (Å²) in [4.78, 5) is 65.5. The van der Waals surface area contributed by atoms with Crippen LogP contribution >= 0.6 is 0 Å². The number of rotatable bonds is 3. The fourth-order valence-corrected chi connectivity index (χ4v) is 5.55. The van der Waals surface area contributed by atoms with E-state index in [0.717, 1.165) is 24.8 Å². The van der Waals surface area contributed by atoms with Crippen LogP contribution in [0.5, 0.6) is 0 Å². The molecule has 12 heteroatoms. The average Bonchev–Trinajstić information content (AvgIpc) is 3.36. The van der Waals surface area contributed by atoms with Crippen LogP contribution in [0.15, 0.2) is 24.4 Å². The summed E-state index contributed by atoms with van der Waals surface area (Å²) in [5.41, 5.74) is 1.95. The minimum atomic E-state index is -0.684. The van der Waals surface area contributed by atoms with Gasteiger partial charge in [-0.25, -0.2) is 4.68 Å². The molecule has 3 fully saturated rings. The van der Waals surface area contributed by atoms with Gasteiger partial charge in [0.1, 0.15) is 6.04 Å². The molecule has 1 aromatic heterocycles. The maximum absolute atomic E-state index is 13.2. The Bertz CT molecular complexity index is 1300. The SMILES string of the molecule is O=C1CCC(N2Cc3ccc(-n4cc(C(=O)N5CC6CCCC(C5)C(=O)N6)nn4)cc3C2=O)C(=O)N1. The number of piperidine rings is 1. The molecule has 3 unspecified atom stereocenters. The van der Waals surface area contributed by atoms with Crippen molar-refractivity contribution in [1.82, 2.24) is 35.4 Å². The molecule has 1 aromatic carbocycles. The Morgan fingerprint density at radius 3 is 2.72 bits per heavy atom. The van der Waals surface area contributed by atoms with Crippen LogP contribution in [0.2, 0.25) is 0 Å². The van der Waals surface area contributed by atoms with Crippen LogP contribution in [0.1, 0.15) is 58.5 Å². The number of hydrogen-bond donors (Lipinski definition) is 2. The van der Waals surface area contributed by atoms with E-state index in [9.17, 15) is 24.0 Å². The van der Waals surface area contributed by atoms with Gasteiger partial charge in [-0.15, -0.1) is 5.10 Å². The van der Waals surface area contributed by atoms with Crippen LogP contribution in [0.4, 0.5) is 0 Å². The lowest BCUT2D eigenvalue weighted by Gasteiger charge is -2.29. The maximum Gasteiger partial charge on any atom is 0.276 e. The van der Waals surface area contributed by atoms with Crippen LogP contribution in [0.25, 0.3) is 5.69 Å². The molecule has 5 heterocycles. The van der Waals surface area contributed by atoms with Crippen LogP contribution in [-0.4, -0.2) is 79.5 Å². The quantitative estimate of drug-likeness (QED) is 0.564. The van der Waals surface area contributed by atoms with Crippen molar-refractivity contribution in [3.63, 3.8) is 0 Å². The minimum absolute atomic E-state index is 0.00520. The molecule has 0 radical (unpaired) electrons. The fourth-order valence-electron chi connectivity index (χ4n) is 5.55. The number of carbonyl (C=O) groups is 5. The monoisotopic (exact) mass is 491 g/mol. The molecule has 4 aliphatic rings. The lowest BCUT2D eigenvalue weighted by atomic mass is 9.99. The second-order valence-electron chi connectivity index (χ2n) is 9.83. The summed E-state index contributed by atoms with van der Waals surface area (Å²) in [5.74, 6) is -1.56. The van der Waals surface area contributed by atoms with Crippen molar-refractivity contribution in [2.24, 2.45) is 5.92 Å². The molecule has 36 heavy (non-hydrogen) atoms. The van der Waals surface area contributed by atoms with E-state index in [1.54, 1.807) is 23.1 Å². The summed E-state index contributed by atoms with van der Waals surface area (Å²) in [6, 6.07) is 4.51. The van der Waals surface area contributed by atoms with Gasteiger partial charge in [-0.05, 0) is 37.0 Å². The number of amides is 5. The van der Waals surface area contributed by atoms with Gasteiger partial charge in [0.15, 0.2) is 5.69 Å². The molecule has 186 valence electrons. The summed E-state index contributed by atoms with van der Waals surface area (Å²) < 4.78 is 1.44. The highest BCUT2D eigenvalue weighted by atomic mass is 16.2. The summed E-state index contributed by atoms with van der Waals surface area (Å²) in [5, 5.41) is 13.5. The zero-order valence-electron chi connectivity index (χ0n) is 19.5. The number of likely N-dealkylation sites (tertiary alicyclic amines) is 1. The van der Waals surface area contributed by atoms with Crippen molar-refractivity contribution in [2.45, 2.75) is 50.7 Å². The number of benzene rings is 1. The van der Waals surface area contributed by atoms with Gasteiger partial charge < -0.3 is 15.1 Å². The Morgan fingerprint density at radius 1 is 1.03 bits per heavy atom. The van der Waals surface area contributed by atoms with E-state index in [4.69, 9.17) is 0 Å². The Hall–Kier alpha value is -4.09. The van der Waals surface area contributed by atoms with Crippen molar-refractivity contribution in [3.05, 3.63) is 41.2 Å². The number of carbonyl (C=O) groups excluding carboxylic acids is 5. The largest absolute Gasteiger partial charge is 0.351 e. The minimum Gasteiger partial charge on any atom is -0.351 e. The molecule has 5 amide bonds. The van der Waals surface area contributed by atoms with Gasteiger partial charge in [0, 0.05) is 37.7 Å². The molecule has 0 aliphatic carbocycles.